The SMILES string of the molecule is CC(C)C1CCN(c2ccc([C@@H](C)O)cc2[N+](=O)[O-])C1. The molecule has 0 saturated carbocycles. The van der Waals surface area contributed by atoms with Crippen molar-refractivity contribution >= 4 is 11.4 Å². The summed E-state index contributed by atoms with van der Waals surface area (Å²) in [5.41, 5.74) is 1.34. The number of benzene rings is 1. The molecule has 5 nitrogen and oxygen atoms in total. The first kappa shape index (κ1) is 14.8. The highest BCUT2D eigenvalue weighted by atomic mass is 16.6. The molecule has 0 spiro atoms. The van der Waals surface area contributed by atoms with E-state index in [2.05, 4.69) is 18.7 Å². The minimum Gasteiger partial charge on any atom is -0.389 e. The van der Waals surface area contributed by atoms with Crippen molar-refractivity contribution in [2.75, 3.05) is 18.0 Å². The number of nitro benzene ring substituents is 1. The predicted molar refractivity (Wildman–Crippen MR) is 78.9 cm³/mol. The van der Waals surface area contributed by atoms with Crippen LogP contribution in [0.2, 0.25) is 0 Å². The largest absolute Gasteiger partial charge is 0.389 e. The highest BCUT2D eigenvalue weighted by Crippen LogP contribution is 2.35. The fourth-order valence-electron chi connectivity index (χ4n) is 2.76. The van der Waals surface area contributed by atoms with E-state index >= 15 is 0 Å². The third-order valence-corrected chi connectivity index (χ3v) is 4.19. The Balaban J connectivity index is 2.30. The molecular weight excluding hydrogens is 256 g/mol. The van der Waals surface area contributed by atoms with Crippen LogP contribution in [0.4, 0.5) is 11.4 Å². The minimum atomic E-state index is -0.690. The summed E-state index contributed by atoms with van der Waals surface area (Å²) >= 11 is 0. The van der Waals surface area contributed by atoms with Gasteiger partial charge in [0.2, 0.25) is 0 Å². The molecule has 0 aliphatic carbocycles. The van der Waals surface area contributed by atoms with Crippen molar-refractivity contribution in [1.29, 1.82) is 0 Å². The predicted octanol–water partition coefficient (Wildman–Crippen LogP) is 3.13. The van der Waals surface area contributed by atoms with Gasteiger partial charge >= 0.3 is 0 Å². The van der Waals surface area contributed by atoms with Gasteiger partial charge in [-0.05, 0) is 36.8 Å². The lowest BCUT2D eigenvalue weighted by Crippen LogP contribution is -2.22. The topological polar surface area (TPSA) is 66.6 Å². The van der Waals surface area contributed by atoms with Crippen molar-refractivity contribution in [2.24, 2.45) is 11.8 Å². The lowest BCUT2D eigenvalue weighted by molar-refractivity contribution is -0.384. The molecule has 1 fully saturated rings. The lowest BCUT2D eigenvalue weighted by atomic mass is 9.95. The fraction of sp³-hybridized carbons (Fsp3) is 0.600. The first-order chi connectivity index (χ1) is 9.40. The zero-order chi connectivity index (χ0) is 14.9. The van der Waals surface area contributed by atoms with E-state index in [1.807, 2.05) is 0 Å². The van der Waals surface area contributed by atoms with Crippen LogP contribution in [0.25, 0.3) is 0 Å². The van der Waals surface area contributed by atoms with Crippen LogP contribution in [-0.2, 0) is 0 Å². The van der Waals surface area contributed by atoms with Gasteiger partial charge in [-0.1, -0.05) is 19.9 Å². The quantitative estimate of drug-likeness (QED) is 0.678. The van der Waals surface area contributed by atoms with Crippen LogP contribution in [0.3, 0.4) is 0 Å². The van der Waals surface area contributed by atoms with Crippen LogP contribution in [0, 0.1) is 22.0 Å². The Kier molecular flexibility index (Phi) is 4.28. The van der Waals surface area contributed by atoms with Gasteiger partial charge in [0.15, 0.2) is 0 Å². The molecule has 0 bridgehead atoms. The molecule has 0 aromatic heterocycles. The van der Waals surface area contributed by atoms with E-state index in [0.29, 0.717) is 23.1 Å². The first-order valence-electron chi connectivity index (χ1n) is 7.11. The number of aliphatic hydroxyl groups excluding tert-OH is 1. The van der Waals surface area contributed by atoms with E-state index in [0.717, 1.165) is 19.5 Å². The molecule has 1 saturated heterocycles. The van der Waals surface area contributed by atoms with Crippen LogP contribution in [0.5, 0.6) is 0 Å². The molecule has 5 heteroatoms. The summed E-state index contributed by atoms with van der Waals surface area (Å²) in [6.45, 7) is 7.73. The fourth-order valence-corrected chi connectivity index (χ4v) is 2.76. The molecule has 0 amide bonds. The van der Waals surface area contributed by atoms with Gasteiger partial charge in [-0.2, -0.15) is 0 Å². The maximum atomic E-state index is 11.3. The van der Waals surface area contributed by atoms with Gasteiger partial charge in [-0.3, -0.25) is 10.1 Å². The van der Waals surface area contributed by atoms with Gasteiger partial charge in [0.1, 0.15) is 5.69 Å². The van der Waals surface area contributed by atoms with Gasteiger partial charge < -0.3 is 10.0 Å². The molecular formula is C15H22N2O3. The summed E-state index contributed by atoms with van der Waals surface area (Å²) in [7, 11) is 0. The van der Waals surface area contributed by atoms with Gasteiger partial charge in [-0.25, -0.2) is 0 Å². The Bertz CT molecular complexity index is 500. The summed E-state index contributed by atoms with van der Waals surface area (Å²) < 4.78 is 0. The van der Waals surface area contributed by atoms with Crippen molar-refractivity contribution in [3.63, 3.8) is 0 Å². The van der Waals surface area contributed by atoms with Crippen LogP contribution in [0.1, 0.15) is 38.9 Å². The summed E-state index contributed by atoms with van der Waals surface area (Å²) in [4.78, 5) is 13.0. The number of nitrogens with zero attached hydrogens (tertiary/aromatic N) is 2. The number of aliphatic hydroxyl groups is 1. The van der Waals surface area contributed by atoms with Crippen molar-refractivity contribution in [3.8, 4) is 0 Å². The number of hydrogen-bond acceptors (Lipinski definition) is 4. The van der Waals surface area contributed by atoms with Gasteiger partial charge in [-0.15, -0.1) is 0 Å². The zero-order valence-corrected chi connectivity index (χ0v) is 12.2. The van der Waals surface area contributed by atoms with E-state index < -0.39 is 6.10 Å². The van der Waals surface area contributed by atoms with Crippen LogP contribution in [-0.4, -0.2) is 23.1 Å². The van der Waals surface area contributed by atoms with Crippen LogP contribution >= 0.6 is 0 Å². The van der Waals surface area contributed by atoms with Crippen molar-refractivity contribution in [1.82, 2.24) is 0 Å². The summed E-state index contributed by atoms with van der Waals surface area (Å²) in [6, 6.07) is 5.03. The average Bonchev–Trinajstić information content (AvgIpc) is 2.87. The third-order valence-electron chi connectivity index (χ3n) is 4.19. The lowest BCUT2D eigenvalue weighted by Gasteiger charge is -2.20. The number of anilines is 1. The standard InChI is InChI=1S/C15H22N2O3/c1-10(2)13-6-7-16(9-13)14-5-4-12(11(3)18)8-15(14)17(19)20/h4-5,8,10-11,13,18H,6-7,9H2,1-3H3/t11-,13?/m1/s1. The maximum absolute atomic E-state index is 11.3. The second-order valence-electron chi connectivity index (χ2n) is 5.92. The smallest absolute Gasteiger partial charge is 0.292 e. The highest BCUT2D eigenvalue weighted by Gasteiger charge is 2.29. The Hall–Kier alpha value is -1.62. The normalized spacial score (nSPS) is 20.4. The molecule has 0 radical (unpaired) electrons. The molecule has 1 unspecified atom stereocenters. The molecule has 1 N–H and O–H groups in total. The number of nitro groups is 1. The number of rotatable bonds is 4. The third kappa shape index (κ3) is 2.93. The Labute approximate surface area is 119 Å². The van der Waals surface area contributed by atoms with Gasteiger partial charge in [0.25, 0.3) is 5.69 Å². The molecule has 1 aliphatic heterocycles. The Morgan fingerprint density at radius 1 is 1.40 bits per heavy atom. The molecule has 1 aliphatic rings. The summed E-state index contributed by atoms with van der Waals surface area (Å²) in [5, 5.41) is 20.8. The molecule has 1 aromatic rings. The molecule has 110 valence electrons. The molecule has 1 aromatic carbocycles. The molecule has 20 heavy (non-hydrogen) atoms. The van der Waals surface area contributed by atoms with E-state index in [1.54, 1.807) is 19.1 Å². The van der Waals surface area contributed by atoms with Crippen LogP contribution < -0.4 is 4.90 Å². The Morgan fingerprint density at radius 3 is 2.60 bits per heavy atom. The van der Waals surface area contributed by atoms with Gasteiger partial charge in [0.05, 0.1) is 11.0 Å². The summed E-state index contributed by atoms with van der Waals surface area (Å²) in [5.74, 6) is 1.18. The monoisotopic (exact) mass is 278 g/mol. The van der Waals surface area contributed by atoms with Crippen molar-refractivity contribution in [2.45, 2.75) is 33.3 Å². The van der Waals surface area contributed by atoms with E-state index in [1.165, 1.54) is 6.07 Å². The summed E-state index contributed by atoms with van der Waals surface area (Å²) in [6.07, 6.45) is 0.386. The molecule has 1 heterocycles. The maximum Gasteiger partial charge on any atom is 0.292 e. The molecule has 2 rings (SSSR count). The Morgan fingerprint density at radius 2 is 2.10 bits per heavy atom. The van der Waals surface area contributed by atoms with Crippen molar-refractivity contribution < 1.29 is 10.0 Å². The van der Waals surface area contributed by atoms with E-state index in [9.17, 15) is 15.2 Å². The van der Waals surface area contributed by atoms with E-state index in [4.69, 9.17) is 0 Å². The second kappa shape index (κ2) is 5.79. The number of hydrogen-bond donors (Lipinski definition) is 1. The van der Waals surface area contributed by atoms with E-state index in [-0.39, 0.29) is 10.6 Å². The second-order valence-corrected chi connectivity index (χ2v) is 5.92. The van der Waals surface area contributed by atoms with Crippen LogP contribution in [0.15, 0.2) is 18.2 Å². The average molecular weight is 278 g/mol. The first-order valence-corrected chi connectivity index (χ1v) is 7.11. The van der Waals surface area contributed by atoms with Crippen molar-refractivity contribution in [3.05, 3.63) is 33.9 Å². The highest BCUT2D eigenvalue weighted by molar-refractivity contribution is 5.65. The minimum absolute atomic E-state index is 0.0906. The molecule has 2 atom stereocenters. The zero-order valence-electron chi connectivity index (χ0n) is 12.2. The van der Waals surface area contributed by atoms with Gasteiger partial charge in [0, 0.05) is 19.2 Å².